The number of esters is 1. The van der Waals surface area contributed by atoms with Crippen molar-refractivity contribution in [3.63, 3.8) is 0 Å². The summed E-state index contributed by atoms with van der Waals surface area (Å²) in [7, 11) is 1.60. The Balaban J connectivity index is 1.30. The molecule has 7 nitrogen and oxygen atoms in total. The first-order valence-corrected chi connectivity index (χ1v) is 10.3. The van der Waals surface area contributed by atoms with Crippen molar-refractivity contribution in [2.45, 2.75) is 12.8 Å². The molecule has 1 aliphatic heterocycles. The Bertz CT molecular complexity index is 867. The fourth-order valence-corrected chi connectivity index (χ4v) is 3.29. The predicted octanol–water partition coefficient (Wildman–Crippen LogP) is 2.89. The number of benzene rings is 2. The normalized spacial score (nSPS) is 13.6. The highest BCUT2D eigenvalue weighted by Crippen LogP contribution is 2.20. The molecule has 2 aromatic carbocycles. The zero-order chi connectivity index (χ0) is 22.1. The molecule has 0 atom stereocenters. The number of ether oxygens (including phenoxy) is 3. The lowest BCUT2D eigenvalue weighted by Crippen LogP contribution is -2.50. The molecule has 0 spiro atoms. The van der Waals surface area contributed by atoms with Crippen LogP contribution < -0.4 is 14.4 Å². The van der Waals surface area contributed by atoms with Gasteiger partial charge in [0.1, 0.15) is 17.3 Å². The maximum Gasteiger partial charge on any atom is 0.306 e. The smallest absolute Gasteiger partial charge is 0.306 e. The van der Waals surface area contributed by atoms with E-state index < -0.39 is 5.97 Å². The average molecular weight is 430 g/mol. The number of carbonyl (C=O) groups is 2. The third-order valence-electron chi connectivity index (χ3n) is 5.04. The number of carbonyl (C=O) groups excluding carboxylic acids is 2. The Morgan fingerprint density at radius 1 is 0.968 bits per heavy atom. The molecule has 0 aliphatic carbocycles. The van der Waals surface area contributed by atoms with Crippen LogP contribution in [-0.4, -0.2) is 63.3 Å². The van der Waals surface area contributed by atoms with Gasteiger partial charge in [-0.05, 0) is 42.8 Å². The Kier molecular flexibility index (Phi) is 8.09. The van der Waals surface area contributed by atoms with Gasteiger partial charge in [-0.2, -0.15) is 0 Å². The molecule has 0 N–H and O–H groups in total. The number of halogens is 1. The topological polar surface area (TPSA) is 68.3 Å². The van der Waals surface area contributed by atoms with Crippen molar-refractivity contribution in [1.29, 1.82) is 0 Å². The molecule has 0 radical (unpaired) electrons. The molecule has 2 aromatic rings. The van der Waals surface area contributed by atoms with Crippen molar-refractivity contribution < 1.29 is 28.2 Å². The van der Waals surface area contributed by atoms with Crippen LogP contribution in [0.25, 0.3) is 0 Å². The molecular weight excluding hydrogens is 403 g/mol. The summed E-state index contributed by atoms with van der Waals surface area (Å²) in [5.74, 6) is 0.493. The summed E-state index contributed by atoms with van der Waals surface area (Å²) in [4.78, 5) is 27.7. The molecule has 0 unspecified atom stereocenters. The van der Waals surface area contributed by atoms with Gasteiger partial charge in [0.25, 0.3) is 5.91 Å². The Labute approximate surface area is 181 Å². The molecule has 0 bridgehead atoms. The maximum atomic E-state index is 13.9. The van der Waals surface area contributed by atoms with Crippen molar-refractivity contribution in [2.75, 3.05) is 51.4 Å². The van der Waals surface area contributed by atoms with Gasteiger partial charge >= 0.3 is 5.97 Å². The number of hydrogen-bond donors (Lipinski definition) is 0. The van der Waals surface area contributed by atoms with E-state index in [1.807, 2.05) is 4.90 Å². The lowest BCUT2D eigenvalue weighted by Gasteiger charge is -2.36. The number of methoxy groups -OCH3 is 1. The average Bonchev–Trinajstić information content (AvgIpc) is 2.81. The summed E-state index contributed by atoms with van der Waals surface area (Å²) in [6.45, 7) is 2.07. The number of anilines is 1. The number of para-hydroxylation sites is 1. The van der Waals surface area contributed by atoms with E-state index >= 15 is 0 Å². The molecule has 31 heavy (non-hydrogen) atoms. The van der Waals surface area contributed by atoms with E-state index in [-0.39, 0.29) is 24.8 Å². The Morgan fingerprint density at radius 2 is 1.65 bits per heavy atom. The van der Waals surface area contributed by atoms with Crippen LogP contribution in [0.3, 0.4) is 0 Å². The minimum absolute atomic E-state index is 0.171. The first-order chi connectivity index (χ1) is 15.1. The molecule has 1 saturated heterocycles. The molecular formula is C23H27FN2O5. The van der Waals surface area contributed by atoms with Crippen molar-refractivity contribution in [3.05, 3.63) is 54.3 Å². The van der Waals surface area contributed by atoms with Crippen LogP contribution in [0.15, 0.2) is 48.5 Å². The van der Waals surface area contributed by atoms with Gasteiger partial charge in [0.2, 0.25) is 0 Å². The zero-order valence-corrected chi connectivity index (χ0v) is 17.6. The van der Waals surface area contributed by atoms with E-state index in [4.69, 9.17) is 14.2 Å². The molecule has 1 heterocycles. The highest BCUT2D eigenvalue weighted by Gasteiger charge is 2.23. The fraction of sp³-hybridized carbons (Fsp3) is 0.391. The van der Waals surface area contributed by atoms with Crippen molar-refractivity contribution in [1.82, 2.24) is 4.90 Å². The quantitative estimate of drug-likeness (QED) is 0.450. The molecule has 1 aliphatic rings. The monoisotopic (exact) mass is 430 g/mol. The zero-order valence-electron chi connectivity index (χ0n) is 17.6. The van der Waals surface area contributed by atoms with E-state index in [2.05, 4.69) is 0 Å². The third kappa shape index (κ3) is 6.60. The fourth-order valence-electron chi connectivity index (χ4n) is 3.29. The Hall–Kier alpha value is -3.29. The van der Waals surface area contributed by atoms with E-state index in [0.717, 1.165) is 5.75 Å². The number of rotatable bonds is 9. The van der Waals surface area contributed by atoms with E-state index in [1.54, 1.807) is 54.5 Å². The van der Waals surface area contributed by atoms with Gasteiger partial charge in [-0.1, -0.05) is 12.1 Å². The standard InChI is InChI=1S/C23H27FN2O5/c1-29-18-8-10-19(11-9-18)30-16-4-7-23(28)31-17-22(27)26-14-12-25(13-15-26)21-6-3-2-5-20(21)24/h2-3,5-6,8-11H,4,7,12-17H2,1H3. The highest BCUT2D eigenvalue weighted by molar-refractivity contribution is 5.80. The minimum atomic E-state index is -0.434. The summed E-state index contributed by atoms with van der Waals surface area (Å²) in [6, 6.07) is 13.8. The number of hydrogen-bond acceptors (Lipinski definition) is 6. The summed E-state index contributed by atoms with van der Waals surface area (Å²) >= 11 is 0. The van der Waals surface area contributed by atoms with Crippen LogP contribution in [0.1, 0.15) is 12.8 Å². The summed E-state index contributed by atoms with van der Waals surface area (Å²) in [6.07, 6.45) is 0.658. The van der Waals surface area contributed by atoms with Gasteiger partial charge in [-0.25, -0.2) is 4.39 Å². The second-order valence-electron chi connectivity index (χ2n) is 7.11. The summed E-state index contributed by atoms with van der Waals surface area (Å²) in [5, 5.41) is 0. The number of amides is 1. The van der Waals surface area contributed by atoms with Gasteiger partial charge in [0.15, 0.2) is 6.61 Å². The van der Waals surface area contributed by atoms with Crippen LogP contribution in [0.4, 0.5) is 10.1 Å². The van der Waals surface area contributed by atoms with Crippen LogP contribution in [0, 0.1) is 5.82 Å². The number of nitrogens with zero attached hydrogens (tertiary/aromatic N) is 2. The molecule has 0 aromatic heterocycles. The molecule has 8 heteroatoms. The van der Waals surface area contributed by atoms with Gasteiger partial charge in [-0.3, -0.25) is 9.59 Å². The third-order valence-corrected chi connectivity index (χ3v) is 5.04. The van der Waals surface area contributed by atoms with Crippen molar-refractivity contribution in [2.24, 2.45) is 0 Å². The van der Waals surface area contributed by atoms with Crippen molar-refractivity contribution in [3.8, 4) is 11.5 Å². The van der Waals surface area contributed by atoms with Gasteiger partial charge in [0, 0.05) is 32.6 Å². The first kappa shape index (κ1) is 22.4. The SMILES string of the molecule is COc1ccc(OCCCC(=O)OCC(=O)N2CCN(c3ccccc3F)CC2)cc1. The second-order valence-corrected chi connectivity index (χ2v) is 7.11. The molecule has 3 rings (SSSR count). The predicted molar refractivity (Wildman–Crippen MR) is 114 cm³/mol. The maximum absolute atomic E-state index is 13.9. The van der Waals surface area contributed by atoms with Crippen molar-refractivity contribution >= 4 is 17.6 Å². The Morgan fingerprint density at radius 3 is 2.32 bits per heavy atom. The summed E-state index contributed by atoms with van der Waals surface area (Å²) < 4.78 is 29.6. The molecule has 0 saturated carbocycles. The van der Waals surface area contributed by atoms with E-state index in [0.29, 0.717) is 50.6 Å². The minimum Gasteiger partial charge on any atom is -0.497 e. The molecule has 1 amide bonds. The van der Waals surface area contributed by atoms with Gasteiger partial charge in [0.05, 0.1) is 19.4 Å². The van der Waals surface area contributed by atoms with Crippen LogP contribution in [0.5, 0.6) is 11.5 Å². The number of piperazine rings is 1. The van der Waals surface area contributed by atoms with Crippen LogP contribution in [-0.2, 0) is 14.3 Å². The van der Waals surface area contributed by atoms with Gasteiger partial charge < -0.3 is 24.0 Å². The largest absolute Gasteiger partial charge is 0.497 e. The molecule has 166 valence electrons. The lowest BCUT2D eigenvalue weighted by molar-refractivity contribution is -0.152. The van der Waals surface area contributed by atoms with E-state index in [1.165, 1.54) is 6.07 Å². The molecule has 1 fully saturated rings. The summed E-state index contributed by atoms with van der Waals surface area (Å²) in [5.41, 5.74) is 0.540. The van der Waals surface area contributed by atoms with Crippen LogP contribution in [0.2, 0.25) is 0 Å². The lowest BCUT2D eigenvalue weighted by atomic mass is 10.2. The van der Waals surface area contributed by atoms with Gasteiger partial charge in [-0.15, -0.1) is 0 Å². The highest BCUT2D eigenvalue weighted by atomic mass is 19.1. The van der Waals surface area contributed by atoms with Crippen LogP contribution >= 0.6 is 0 Å². The first-order valence-electron chi connectivity index (χ1n) is 10.3. The second kappa shape index (κ2) is 11.2. The van der Waals surface area contributed by atoms with E-state index in [9.17, 15) is 14.0 Å².